The summed E-state index contributed by atoms with van der Waals surface area (Å²) in [7, 11) is 0. The summed E-state index contributed by atoms with van der Waals surface area (Å²) in [6.07, 6.45) is 0. The summed E-state index contributed by atoms with van der Waals surface area (Å²) in [5.41, 5.74) is 3.73. The number of benzene rings is 3. The third-order valence-corrected chi connectivity index (χ3v) is 6.65. The zero-order valence-electron chi connectivity index (χ0n) is 19.1. The molecule has 1 N–H and O–H groups in total. The topological polar surface area (TPSA) is 86.3 Å². The van der Waals surface area contributed by atoms with Gasteiger partial charge in [0.15, 0.2) is 0 Å². The average molecular weight is 521 g/mol. The zero-order valence-corrected chi connectivity index (χ0v) is 20.7. The van der Waals surface area contributed by atoms with Crippen LogP contribution in [0.5, 0.6) is 0 Å². The quantitative estimate of drug-likeness (QED) is 0.212. The second kappa shape index (κ2) is 11.4. The number of hydrogen-bond acceptors (Lipinski definition) is 7. The first-order valence-electron chi connectivity index (χ1n) is 11.3. The van der Waals surface area contributed by atoms with E-state index in [4.69, 9.17) is 11.6 Å². The van der Waals surface area contributed by atoms with Crippen molar-refractivity contribution in [1.82, 2.24) is 40.5 Å². The van der Waals surface area contributed by atoms with Gasteiger partial charge < -0.3 is 5.32 Å². The van der Waals surface area contributed by atoms with Crippen LogP contribution in [0, 0.1) is 5.82 Å². The number of nitrogens with one attached hydrogen (secondary N) is 1. The van der Waals surface area contributed by atoms with Crippen molar-refractivity contribution in [2.24, 2.45) is 0 Å². The Kier molecular flexibility index (Phi) is 7.65. The van der Waals surface area contributed by atoms with Crippen molar-refractivity contribution in [3.05, 3.63) is 101 Å². The van der Waals surface area contributed by atoms with E-state index in [1.807, 2.05) is 60.7 Å². The molecule has 0 unspecified atom stereocenters. The molecule has 0 aliphatic carbocycles. The molecule has 5 rings (SSSR count). The number of rotatable bonds is 10. The monoisotopic (exact) mass is 520 g/mol. The number of halogens is 2. The van der Waals surface area contributed by atoms with Crippen LogP contribution in [0.25, 0.3) is 16.9 Å². The number of thioether (sulfide) groups is 1. The van der Waals surface area contributed by atoms with Gasteiger partial charge in [-0.05, 0) is 34.7 Å². The first-order valence-corrected chi connectivity index (χ1v) is 12.6. The summed E-state index contributed by atoms with van der Waals surface area (Å²) >= 11 is 7.78. The summed E-state index contributed by atoms with van der Waals surface area (Å²) in [5.74, 6) is 0.378. The fraction of sp³-hybridized carbons (Fsp3) is 0.160. The summed E-state index contributed by atoms with van der Waals surface area (Å²) < 4.78 is 16.0. The van der Waals surface area contributed by atoms with Gasteiger partial charge in [0.25, 0.3) is 0 Å². The molecule has 8 nitrogen and oxygen atoms in total. The van der Waals surface area contributed by atoms with E-state index in [-0.39, 0.29) is 12.4 Å². The maximum absolute atomic E-state index is 14.3. The minimum Gasteiger partial charge on any atom is -0.310 e. The Hall–Kier alpha value is -3.60. The van der Waals surface area contributed by atoms with E-state index in [1.54, 1.807) is 28.6 Å². The van der Waals surface area contributed by atoms with Gasteiger partial charge >= 0.3 is 0 Å². The molecule has 182 valence electrons. The summed E-state index contributed by atoms with van der Waals surface area (Å²) in [4.78, 5) is 1.49. The van der Waals surface area contributed by atoms with E-state index in [0.29, 0.717) is 23.7 Å². The molecule has 0 saturated heterocycles. The summed E-state index contributed by atoms with van der Waals surface area (Å²) in [5, 5.41) is 25.8. The minimum atomic E-state index is -0.379. The van der Waals surface area contributed by atoms with E-state index < -0.39 is 0 Å². The lowest BCUT2D eigenvalue weighted by molar-refractivity contribution is 0.544. The Bertz CT molecular complexity index is 1400. The Morgan fingerprint density at radius 1 is 0.917 bits per heavy atom. The number of para-hydroxylation sites is 1. The highest BCUT2D eigenvalue weighted by Gasteiger charge is 2.16. The molecule has 5 aromatic rings. The van der Waals surface area contributed by atoms with Crippen LogP contribution < -0.4 is 5.32 Å². The molecular formula is C25H22ClFN8S. The van der Waals surface area contributed by atoms with E-state index in [0.717, 1.165) is 33.5 Å². The van der Waals surface area contributed by atoms with Gasteiger partial charge in [0.05, 0.1) is 12.2 Å². The van der Waals surface area contributed by atoms with Gasteiger partial charge in [-0.15, -0.1) is 5.10 Å². The van der Waals surface area contributed by atoms with Crippen LogP contribution in [0.3, 0.4) is 0 Å². The van der Waals surface area contributed by atoms with Gasteiger partial charge in [-0.1, -0.05) is 78.0 Å². The highest BCUT2D eigenvalue weighted by Crippen LogP contribution is 2.23. The fourth-order valence-corrected chi connectivity index (χ4v) is 4.65. The zero-order chi connectivity index (χ0) is 24.7. The Labute approximate surface area is 216 Å². The van der Waals surface area contributed by atoms with Gasteiger partial charge in [-0.2, -0.15) is 19.7 Å². The number of nitrogens with zero attached hydrogens (tertiary/aromatic N) is 7. The largest absolute Gasteiger partial charge is 0.310 e. The molecule has 0 saturated carbocycles. The van der Waals surface area contributed by atoms with Crippen molar-refractivity contribution < 1.29 is 4.39 Å². The van der Waals surface area contributed by atoms with Crippen molar-refractivity contribution in [3.63, 3.8) is 0 Å². The fourth-order valence-electron chi connectivity index (χ4n) is 3.64. The summed E-state index contributed by atoms with van der Waals surface area (Å²) in [6, 6.07) is 24.2. The average Bonchev–Trinajstić information content (AvgIpc) is 3.54. The minimum absolute atomic E-state index is 0.142. The third-order valence-electron chi connectivity index (χ3n) is 5.38. The maximum Gasteiger partial charge on any atom is 0.214 e. The molecule has 2 heterocycles. The number of aromatic nitrogens is 7. The first kappa shape index (κ1) is 24.1. The lowest BCUT2D eigenvalue weighted by atomic mass is 10.1. The van der Waals surface area contributed by atoms with Gasteiger partial charge in [0.1, 0.15) is 17.2 Å². The van der Waals surface area contributed by atoms with Crippen LogP contribution in [0.15, 0.2) is 84.0 Å². The standard InChI is InChI=1S/C25H22ClFN8S/c26-21-12-7-13-22(27)20(21)17-34-30-23(24(31-34)18-8-3-1-4-9-18)16-28-14-15-36-25-29-32-33-35(25)19-10-5-2-6-11-19/h1-13,28H,14-17H2. The van der Waals surface area contributed by atoms with Crippen molar-refractivity contribution in [1.29, 1.82) is 0 Å². The second-order valence-corrected chi connectivity index (χ2v) is 9.30. The van der Waals surface area contributed by atoms with Crippen molar-refractivity contribution >= 4 is 23.4 Å². The molecule has 0 aliphatic heterocycles. The Morgan fingerprint density at radius 2 is 1.69 bits per heavy atom. The van der Waals surface area contributed by atoms with Crippen LogP contribution in [-0.2, 0) is 13.1 Å². The van der Waals surface area contributed by atoms with Crippen molar-refractivity contribution in [2.75, 3.05) is 12.3 Å². The van der Waals surface area contributed by atoms with E-state index in [1.165, 1.54) is 10.9 Å². The van der Waals surface area contributed by atoms with Gasteiger partial charge in [0, 0.05) is 35.0 Å². The lowest BCUT2D eigenvalue weighted by Crippen LogP contribution is -2.18. The molecule has 11 heteroatoms. The molecule has 0 atom stereocenters. The first-order chi connectivity index (χ1) is 17.7. The molecule has 0 spiro atoms. The highest BCUT2D eigenvalue weighted by atomic mass is 35.5. The smallest absolute Gasteiger partial charge is 0.214 e. The SMILES string of the molecule is Fc1cccc(Cl)c1Cn1nc(CNCCSc2nnnn2-c2ccccc2)c(-c2ccccc2)n1. The van der Waals surface area contributed by atoms with Gasteiger partial charge in [0.2, 0.25) is 5.16 Å². The molecular weight excluding hydrogens is 499 g/mol. The van der Waals surface area contributed by atoms with Crippen LogP contribution >= 0.6 is 23.4 Å². The molecule has 0 radical (unpaired) electrons. The normalized spacial score (nSPS) is 11.2. The Balaban J connectivity index is 1.25. The summed E-state index contributed by atoms with van der Waals surface area (Å²) in [6.45, 7) is 1.34. The molecule has 0 fully saturated rings. The predicted octanol–water partition coefficient (Wildman–Crippen LogP) is 4.64. The molecule has 0 aliphatic rings. The highest BCUT2D eigenvalue weighted by molar-refractivity contribution is 7.99. The third kappa shape index (κ3) is 5.62. The molecule has 0 bridgehead atoms. The van der Waals surface area contributed by atoms with E-state index in [2.05, 4.69) is 31.0 Å². The van der Waals surface area contributed by atoms with Crippen LogP contribution in [0.2, 0.25) is 5.02 Å². The number of tetrazole rings is 1. The van der Waals surface area contributed by atoms with Crippen molar-refractivity contribution in [2.45, 2.75) is 18.2 Å². The molecule has 2 aromatic heterocycles. The van der Waals surface area contributed by atoms with Crippen LogP contribution in [0.4, 0.5) is 4.39 Å². The van der Waals surface area contributed by atoms with Gasteiger partial charge in [-0.25, -0.2) is 4.39 Å². The molecule has 0 amide bonds. The van der Waals surface area contributed by atoms with Crippen LogP contribution in [-0.4, -0.2) is 47.5 Å². The number of hydrogen-bond donors (Lipinski definition) is 1. The van der Waals surface area contributed by atoms with E-state index >= 15 is 0 Å². The van der Waals surface area contributed by atoms with Crippen molar-refractivity contribution in [3.8, 4) is 16.9 Å². The maximum atomic E-state index is 14.3. The molecule has 3 aromatic carbocycles. The van der Waals surface area contributed by atoms with Crippen LogP contribution in [0.1, 0.15) is 11.3 Å². The lowest BCUT2D eigenvalue weighted by Gasteiger charge is -2.05. The predicted molar refractivity (Wildman–Crippen MR) is 138 cm³/mol. The molecule has 36 heavy (non-hydrogen) atoms. The van der Waals surface area contributed by atoms with E-state index in [9.17, 15) is 4.39 Å². The van der Waals surface area contributed by atoms with Gasteiger partial charge in [-0.3, -0.25) is 0 Å². The Morgan fingerprint density at radius 3 is 2.47 bits per heavy atom. The second-order valence-electron chi connectivity index (χ2n) is 7.83.